The van der Waals surface area contributed by atoms with Crippen molar-refractivity contribution in [1.29, 1.82) is 0 Å². The van der Waals surface area contributed by atoms with E-state index in [1.807, 2.05) is 91.0 Å². The van der Waals surface area contributed by atoms with Crippen molar-refractivity contribution < 1.29 is 51.9 Å². The Bertz CT molecular complexity index is 1390. The molecule has 0 aliphatic carbocycles. The van der Waals surface area contributed by atoms with Gasteiger partial charge in [-0.2, -0.15) is 5.10 Å². The fraction of sp³-hybridized carbons (Fsp3) is 0. The number of aromatic nitrogens is 8. The molecule has 6 rings (SSSR count). The second-order valence-electron chi connectivity index (χ2n) is 6.92. The lowest BCUT2D eigenvalue weighted by Gasteiger charge is -1.97. The minimum atomic E-state index is 0. The topological polar surface area (TPSA) is 98.1 Å². The van der Waals surface area contributed by atoms with Gasteiger partial charge in [0.25, 0.3) is 0 Å². The zero-order chi connectivity index (χ0) is 58.1. The van der Waals surface area contributed by atoms with Gasteiger partial charge in [-0.25, -0.2) is 24.6 Å². The summed E-state index contributed by atoms with van der Waals surface area (Å²) >= 11 is 5.43. The van der Waals surface area contributed by atoms with E-state index in [2.05, 4.69) is 35.2 Å². The molecule has 35 heavy (non-hydrogen) atoms. The molecule has 0 atom stereocenters. The molecule has 9 heteroatoms. The summed E-state index contributed by atoms with van der Waals surface area (Å²) in [5.74, 6) is 2.28. The van der Waals surface area contributed by atoms with Crippen LogP contribution in [0.5, 0.6) is 0 Å². The van der Waals surface area contributed by atoms with Crippen LogP contribution in [0.2, 0.25) is 5.15 Å². The van der Waals surface area contributed by atoms with Gasteiger partial charge in [-0.05, 0) is 24.3 Å². The minimum absolute atomic E-state index is 0. The summed E-state index contributed by atoms with van der Waals surface area (Å²) in [4.78, 5) is 16.3. The van der Waals surface area contributed by atoms with Crippen LogP contribution < -0.4 is 0 Å². The van der Waals surface area contributed by atoms with Gasteiger partial charge in [0, 0.05) is 75.4 Å². The van der Waals surface area contributed by atoms with E-state index in [9.17, 15) is 0 Å². The number of nitrogens with zero attached hydrogens (tertiary/aromatic N) is 7. The molecule has 4 aromatic heterocycles. The van der Waals surface area contributed by atoms with E-state index < -0.39 is 0 Å². The number of H-pyrrole nitrogens is 1. The highest BCUT2D eigenvalue weighted by atomic mass is 35.5. The van der Waals surface area contributed by atoms with E-state index in [1.165, 1.54) is 6.33 Å². The van der Waals surface area contributed by atoms with Gasteiger partial charge in [0.2, 0.25) is 0 Å². The van der Waals surface area contributed by atoms with Gasteiger partial charge in [-0.3, -0.25) is 5.10 Å². The van der Waals surface area contributed by atoms with E-state index >= 15 is 0 Å². The predicted molar refractivity (Wildman–Crippen MR) is 174 cm³/mol. The number of nitrogens with one attached hydrogen (secondary N) is 1. The van der Waals surface area contributed by atoms with Crippen LogP contribution in [0.25, 0.3) is 28.6 Å². The van der Waals surface area contributed by atoms with Crippen molar-refractivity contribution in [2.75, 3.05) is 0 Å². The van der Waals surface area contributed by atoms with Crippen LogP contribution in [0.4, 0.5) is 0 Å². The van der Waals surface area contributed by atoms with Crippen LogP contribution in [0.3, 0.4) is 0 Å². The molecule has 0 fully saturated rings. The van der Waals surface area contributed by atoms with Gasteiger partial charge < -0.3 is 0 Å². The number of rotatable bonds is 3. The fourth-order valence-corrected chi connectivity index (χ4v) is 2.99. The van der Waals surface area contributed by atoms with Crippen molar-refractivity contribution in [2.45, 2.75) is 0 Å². The summed E-state index contributed by atoms with van der Waals surface area (Å²) in [6.45, 7) is 0. The summed E-state index contributed by atoms with van der Waals surface area (Å²) in [5, 5.41) is 11.5. The van der Waals surface area contributed by atoms with Crippen LogP contribution in [-0.2, 0) is 0 Å². The number of halogens is 1. The second kappa shape index (κ2) is 12.5. The number of hydrogen-bond acceptors (Lipinski definition) is 6. The monoisotopic (exact) mass is 587 g/mol. The average Bonchev–Trinajstić information content (AvgIpc) is 4.26. The molecule has 0 bridgehead atoms. The van der Waals surface area contributed by atoms with Crippen LogP contribution in [0.15, 0.2) is 122 Å². The zero-order valence-electron chi connectivity index (χ0n) is 52.6. The number of hydrogen-bond donors (Lipinski definition) is 1. The molecule has 0 saturated heterocycles. The first-order valence-corrected chi connectivity index (χ1v) is 11.0. The molecule has 0 unspecified atom stereocenters. The lowest BCUT2D eigenvalue weighted by molar-refractivity contribution is 0.848. The average molecular weight is 588 g/mol. The molecule has 0 amide bonds. The Balaban J connectivity index is -0.0000000390. The van der Waals surface area contributed by atoms with Gasteiger partial charge in [0.15, 0.2) is 17.5 Å². The van der Waals surface area contributed by atoms with E-state index in [0.29, 0.717) is 11.0 Å². The Kier molecular flexibility index (Phi) is 3.68. The molecule has 4 heterocycles. The molecule has 1 N–H and O–H groups in total. The van der Waals surface area contributed by atoms with E-state index in [1.54, 1.807) is 29.5 Å². The smallest absolute Gasteiger partial charge is 0.181 e. The summed E-state index contributed by atoms with van der Waals surface area (Å²) in [5.41, 5.74) is 2.06. The van der Waals surface area contributed by atoms with Crippen molar-refractivity contribution in [3.8, 4) is 28.6 Å². The van der Waals surface area contributed by atoms with Crippen molar-refractivity contribution in [3.63, 3.8) is 0 Å². The quantitative estimate of drug-likeness (QED) is 0.207. The Morgan fingerprint density at radius 3 is 1.89 bits per heavy atom. The molecule has 0 aliphatic heterocycles. The molecule has 0 aliphatic rings. The molecular formula is C26H57ClN8. The molecule has 8 nitrogen and oxygen atoms in total. The Morgan fingerprint density at radius 1 is 0.686 bits per heavy atom. The first kappa shape index (κ1) is 10.3. The SMILES string of the molecule is Clc1ccccn1.[3HH].[3H][3H].[3H][3H].[3H][3H].[3H][3H].[3H][3H].[3H][3H].[3H][3H].[3H][3H].[3H][3H].[3H][3H].[3H][3H].[3H][3H].[3H][3H].[3H][3H].[3H][3H].[3H][3H].[3H][3H].c1ccc(-c2ncn(-c3ccccn3)n2)cc1.c1ccc(-c2ncn[nH]2)cc1. The standard InChI is InChI=1S/C13H10N4.C8H7N3.C5H4ClN.18H2/c1-2-6-11(7-3-1)13-15-10-17(16-13)12-8-4-5-9-14-12;1-2-4-7(5-3-1)8-9-6-10-11-8;6-5-3-1-2-4-7-5;;;;;;;;;;;;;;;;;;/h1-10H;1-6H,(H,9,10,11);1-4H;18*1H/i;;;17*1+2T;1+2. The predicted octanol–water partition coefficient (Wildman–Crippen LogP) is 9.96. The number of pyridine rings is 2. The maximum atomic E-state index is 5.43. The Labute approximate surface area is 261 Å². The molecule has 0 radical (unpaired) electrons. The van der Waals surface area contributed by atoms with E-state index in [-0.39, 0.29) is 1.43 Å². The van der Waals surface area contributed by atoms with Crippen molar-refractivity contribution in [1.82, 2.24) is 39.9 Å². The lowest BCUT2D eigenvalue weighted by Crippen LogP contribution is -1.97. The van der Waals surface area contributed by atoms with Gasteiger partial charge in [0.1, 0.15) is 17.8 Å². The largest absolute Gasteiger partial charge is 0.259 e. The molecule has 0 spiro atoms. The Hall–Kier alpha value is -4.69. The highest BCUT2D eigenvalue weighted by molar-refractivity contribution is 6.29. The van der Waals surface area contributed by atoms with Crippen LogP contribution >= 0.6 is 11.6 Å². The van der Waals surface area contributed by atoms with Gasteiger partial charge in [-0.15, -0.1) is 5.10 Å². The molecule has 0 saturated carbocycles. The summed E-state index contributed by atoms with van der Waals surface area (Å²) in [7, 11) is 0. The maximum absolute atomic E-state index is 5.43. The maximum Gasteiger partial charge on any atom is 0.181 e. The first-order chi connectivity index (χ1) is 34.3. The summed E-state index contributed by atoms with van der Waals surface area (Å²) in [6, 6.07) is 30.9. The second-order valence-corrected chi connectivity index (χ2v) is 7.31. The third-order valence-corrected chi connectivity index (χ3v) is 4.72. The van der Waals surface area contributed by atoms with Crippen molar-refractivity contribution in [2.24, 2.45) is 0 Å². The first-order valence-electron chi connectivity index (χ1n) is 27.7. The Morgan fingerprint density at radius 2 is 1.34 bits per heavy atom. The summed E-state index contributed by atoms with van der Waals surface area (Å²) < 4.78 is 172. The normalized spacial score (nSPS) is 13.7. The third kappa shape index (κ3) is 7.15. The fourth-order valence-electron chi connectivity index (χ4n) is 2.86. The highest BCUT2D eigenvalue weighted by Gasteiger charge is 2.04. The number of aromatic amines is 1. The zero-order valence-corrected chi connectivity index (χ0v) is 19.3. The third-order valence-electron chi connectivity index (χ3n) is 4.50. The van der Waals surface area contributed by atoms with Gasteiger partial charge in [0.05, 0.1) is 0 Å². The van der Waals surface area contributed by atoms with E-state index in [4.69, 9.17) is 62.1 Å². The molecule has 208 valence electrons. The van der Waals surface area contributed by atoms with E-state index in [0.717, 1.165) is 22.8 Å². The molecule has 6 aromatic rings. The highest BCUT2D eigenvalue weighted by Crippen LogP contribution is 2.14. The van der Waals surface area contributed by atoms with Crippen LogP contribution in [0, 0.1) is 0 Å². The van der Waals surface area contributed by atoms with Gasteiger partial charge in [-0.1, -0.05) is 84.4 Å². The molecular weight excluding hydrogens is 460 g/mol. The van der Waals surface area contributed by atoms with Crippen LogP contribution in [-0.4, -0.2) is 39.9 Å². The lowest BCUT2D eigenvalue weighted by atomic mass is 10.2. The van der Waals surface area contributed by atoms with Crippen molar-refractivity contribution in [3.05, 3.63) is 127 Å². The molecule has 2 aromatic carbocycles. The minimum Gasteiger partial charge on any atom is -0.259 e. The van der Waals surface area contributed by atoms with Crippen molar-refractivity contribution >= 4 is 11.6 Å². The van der Waals surface area contributed by atoms with Gasteiger partial charge >= 0.3 is 0 Å². The van der Waals surface area contributed by atoms with Crippen LogP contribution in [0.1, 0.15) is 51.9 Å². The number of benzene rings is 2. The summed E-state index contributed by atoms with van der Waals surface area (Å²) in [6.07, 6.45) is 6.56.